The van der Waals surface area contributed by atoms with Gasteiger partial charge in [0, 0.05) is 45.0 Å². The molecule has 2 fully saturated rings. The van der Waals surface area contributed by atoms with Gasteiger partial charge in [0.1, 0.15) is 23.9 Å². The lowest BCUT2D eigenvalue weighted by Gasteiger charge is -2.34. The molecule has 3 rings (SSSR count). The van der Waals surface area contributed by atoms with Gasteiger partial charge in [-0.25, -0.2) is 0 Å². The fraction of sp³-hybridized carbons (Fsp3) is 0.524. The number of amides is 1. The molecular formula is C21H28N4O4. The number of aliphatic hydroxyl groups excluding tert-OH is 2. The molecule has 8 heteroatoms. The Morgan fingerprint density at radius 1 is 1.28 bits per heavy atom. The van der Waals surface area contributed by atoms with Crippen molar-refractivity contribution in [1.29, 1.82) is 5.26 Å². The van der Waals surface area contributed by atoms with E-state index in [0.717, 1.165) is 37.4 Å². The largest absolute Gasteiger partial charge is 0.390 e. The van der Waals surface area contributed by atoms with Crippen LogP contribution in [0.3, 0.4) is 0 Å². The van der Waals surface area contributed by atoms with Gasteiger partial charge in [0.25, 0.3) is 5.91 Å². The van der Waals surface area contributed by atoms with Gasteiger partial charge < -0.3 is 30.1 Å². The molecule has 29 heavy (non-hydrogen) atoms. The van der Waals surface area contributed by atoms with E-state index in [1.807, 2.05) is 30.3 Å². The number of nitrogens with zero attached hydrogens (tertiary/aromatic N) is 3. The first-order valence-electron chi connectivity index (χ1n) is 9.89. The molecule has 0 spiro atoms. The summed E-state index contributed by atoms with van der Waals surface area (Å²) in [7, 11) is 2.11. The molecule has 0 aliphatic carbocycles. The van der Waals surface area contributed by atoms with Crippen LogP contribution >= 0.6 is 0 Å². The molecule has 2 aliphatic rings. The van der Waals surface area contributed by atoms with Crippen LogP contribution in [-0.4, -0.2) is 85.7 Å². The number of likely N-dealkylation sites (N-methyl/N-ethyl adjacent to an activating group) is 1. The molecule has 0 radical (unpaired) electrons. The van der Waals surface area contributed by atoms with Crippen LogP contribution in [0.4, 0.5) is 5.69 Å². The molecule has 1 aromatic rings. The van der Waals surface area contributed by atoms with Crippen LogP contribution in [0.25, 0.3) is 6.08 Å². The zero-order chi connectivity index (χ0) is 20.8. The van der Waals surface area contributed by atoms with E-state index in [1.54, 1.807) is 0 Å². The Balaban J connectivity index is 1.58. The summed E-state index contributed by atoms with van der Waals surface area (Å²) in [6.45, 7) is 4.34. The second-order valence-corrected chi connectivity index (χ2v) is 7.52. The minimum atomic E-state index is -1.05. The number of nitriles is 1. The average Bonchev–Trinajstić information content (AvgIpc) is 2.74. The van der Waals surface area contributed by atoms with Crippen molar-refractivity contribution in [3.8, 4) is 6.07 Å². The first-order valence-corrected chi connectivity index (χ1v) is 9.89. The van der Waals surface area contributed by atoms with Crippen LogP contribution in [-0.2, 0) is 9.53 Å². The summed E-state index contributed by atoms with van der Waals surface area (Å²) in [5.74, 6) is -0.536. The maximum Gasteiger partial charge on any atom is 0.262 e. The first-order chi connectivity index (χ1) is 14.0. The molecule has 2 saturated heterocycles. The van der Waals surface area contributed by atoms with Gasteiger partial charge in [-0.15, -0.1) is 0 Å². The Morgan fingerprint density at radius 2 is 1.97 bits per heavy atom. The molecule has 8 nitrogen and oxygen atoms in total. The highest BCUT2D eigenvalue weighted by molar-refractivity contribution is 6.01. The van der Waals surface area contributed by atoms with Crippen LogP contribution in [0.5, 0.6) is 0 Å². The lowest BCUT2D eigenvalue weighted by atomic mass is 10.0. The van der Waals surface area contributed by atoms with E-state index in [0.29, 0.717) is 13.0 Å². The molecule has 1 amide bonds. The molecule has 2 aliphatic heterocycles. The zero-order valence-corrected chi connectivity index (χ0v) is 16.6. The Morgan fingerprint density at radius 3 is 2.62 bits per heavy atom. The van der Waals surface area contributed by atoms with E-state index in [4.69, 9.17) is 4.74 Å². The lowest BCUT2D eigenvalue weighted by molar-refractivity contribution is -0.136. The first kappa shape index (κ1) is 21.3. The minimum absolute atomic E-state index is 0.0248. The molecule has 156 valence electrons. The van der Waals surface area contributed by atoms with Gasteiger partial charge in [-0.05, 0) is 37.2 Å². The van der Waals surface area contributed by atoms with E-state index < -0.39 is 24.2 Å². The second kappa shape index (κ2) is 9.85. The number of hydrogen-bond donors (Lipinski definition) is 3. The predicted octanol–water partition coefficient (Wildman–Crippen LogP) is -0.0277. The van der Waals surface area contributed by atoms with E-state index in [9.17, 15) is 20.3 Å². The van der Waals surface area contributed by atoms with Crippen LogP contribution in [0, 0.1) is 11.3 Å². The van der Waals surface area contributed by atoms with Crippen molar-refractivity contribution < 1.29 is 19.7 Å². The van der Waals surface area contributed by atoms with Gasteiger partial charge in [0.15, 0.2) is 0 Å². The van der Waals surface area contributed by atoms with Crippen LogP contribution in [0.15, 0.2) is 29.8 Å². The SMILES string of the molecule is CN1CCN(c2ccc(/C=C(\C#N)C(=O)NC[C@H]3OCC[C@@H](O)[C@@H]3O)cc2)CC1. The summed E-state index contributed by atoms with van der Waals surface area (Å²) in [6, 6.07) is 9.70. The Bertz CT molecular complexity index is 766. The molecule has 0 bridgehead atoms. The summed E-state index contributed by atoms with van der Waals surface area (Å²) >= 11 is 0. The van der Waals surface area contributed by atoms with Crippen LogP contribution < -0.4 is 10.2 Å². The van der Waals surface area contributed by atoms with Crippen molar-refractivity contribution in [3.05, 3.63) is 35.4 Å². The Hall–Kier alpha value is -2.44. The maximum atomic E-state index is 12.3. The van der Waals surface area contributed by atoms with Crippen molar-refractivity contribution in [2.75, 3.05) is 51.3 Å². The summed E-state index contributed by atoms with van der Waals surface area (Å²) in [4.78, 5) is 16.9. The third-order valence-corrected chi connectivity index (χ3v) is 5.42. The van der Waals surface area contributed by atoms with E-state index in [1.165, 1.54) is 6.08 Å². The average molecular weight is 400 g/mol. The molecular weight excluding hydrogens is 372 g/mol. The number of carbonyl (C=O) groups is 1. The minimum Gasteiger partial charge on any atom is -0.390 e. The van der Waals surface area contributed by atoms with Crippen molar-refractivity contribution >= 4 is 17.7 Å². The normalized spacial score (nSPS) is 26.1. The fourth-order valence-corrected chi connectivity index (χ4v) is 3.49. The van der Waals surface area contributed by atoms with Crippen molar-refractivity contribution in [2.45, 2.75) is 24.7 Å². The van der Waals surface area contributed by atoms with Gasteiger partial charge in [-0.2, -0.15) is 5.26 Å². The smallest absolute Gasteiger partial charge is 0.262 e. The van der Waals surface area contributed by atoms with Gasteiger partial charge in [0.2, 0.25) is 0 Å². The fourth-order valence-electron chi connectivity index (χ4n) is 3.49. The van der Waals surface area contributed by atoms with Crippen molar-refractivity contribution in [1.82, 2.24) is 10.2 Å². The molecule has 0 aromatic heterocycles. The van der Waals surface area contributed by atoms with E-state index in [-0.39, 0.29) is 12.1 Å². The number of benzene rings is 1. The quantitative estimate of drug-likeness (QED) is 0.470. The number of carbonyl (C=O) groups excluding carboxylic acids is 1. The number of rotatable bonds is 5. The molecule has 3 atom stereocenters. The molecule has 1 aromatic carbocycles. The lowest BCUT2D eigenvalue weighted by Crippen LogP contribution is -2.50. The highest BCUT2D eigenvalue weighted by Crippen LogP contribution is 2.19. The third kappa shape index (κ3) is 5.55. The standard InChI is InChI=1S/C21H28N4O4/c1-24-7-9-25(10-8-24)17-4-2-15(3-5-17)12-16(13-22)21(28)23-14-19-20(27)18(26)6-11-29-19/h2-5,12,18-20,26-27H,6-11,14H2,1H3,(H,23,28)/b16-12+/t18-,19-,20+/m1/s1. The number of piperazine rings is 1. The summed E-state index contributed by atoms with van der Waals surface area (Å²) < 4.78 is 5.39. The van der Waals surface area contributed by atoms with E-state index in [2.05, 4.69) is 22.2 Å². The number of nitrogens with one attached hydrogen (secondary N) is 1. The van der Waals surface area contributed by atoms with Gasteiger partial charge in [-0.1, -0.05) is 12.1 Å². The Labute approximate surface area is 171 Å². The van der Waals surface area contributed by atoms with Gasteiger partial charge >= 0.3 is 0 Å². The number of aliphatic hydroxyl groups is 2. The monoisotopic (exact) mass is 400 g/mol. The number of ether oxygens (including phenoxy) is 1. The second-order valence-electron chi connectivity index (χ2n) is 7.52. The van der Waals surface area contributed by atoms with Gasteiger partial charge in [0.05, 0.1) is 6.10 Å². The highest BCUT2D eigenvalue weighted by Gasteiger charge is 2.31. The zero-order valence-electron chi connectivity index (χ0n) is 16.6. The molecule has 0 unspecified atom stereocenters. The maximum absolute atomic E-state index is 12.3. The molecule has 2 heterocycles. The van der Waals surface area contributed by atoms with Crippen molar-refractivity contribution in [3.63, 3.8) is 0 Å². The summed E-state index contributed by atoms with van der Waals surface area (Å²) in [5.41, 5.74) is 1.86. The number of hydrogen-bond acceptors (Lipinski definition) is 7. The Kier molecular flexibility index (Phi) is 7.23. The van der Waals surface area contributed by atoms with Crippen LogP contribution in [0.1, 0.15) is 12.0 Å². The van der Waals surface area contributed by atoms with Crippen molar-refractivity contribution in [2.24, 2.45) is 0 Å². The summed E-state index contributed by atoms with van der Waals surface area (Å²) in [6.07, 6.45) is -0.712. The summed E-state index contributed by atoms with van der Waals surface area (Å²) in [5, 5.41) is 31.6. The van der Waals surface area contributed by atoms with Gasteiger partial charge in [-0.3, -0.25) is 4.79 Å². The predicted molar refractivity (Wildman–Crippen MR) is 109 cm³/mol. The van der Waals surface area contributed by atoms with Crippen LogP contribution in [0.2, 0.25) is 0 Å². The number of anilines is 1. The molecule has 0 saturated carbocycles. The molecule has 3 N–H and O–H groups in total. The van der Waals surface area contributed by atoms with E-state index >= 15 is 0 Å². The topological polar surface area (TPSA) is 109 Å². The highest BCUT2D eigenvalue weighted by atomic mass is 16.5. The third-order valence-electron chi connectivity index (χ3n) is 5.42.